The van der Waals surface area contributed by atoms with E-state index in [-0.39, 0.29) is 24.6 Å². The number of para-hydroxylation sites is 1. The van der Waals surface area contributed by atoms with Crippen LogP contribution in [0.5, 0.6) is 0 Å². The first-order valence-electron chi connectivity index (χ1n) is 13.7. The second kappa shape index (κ2) is 11.4. The Morgan fingerprint density at radius 1 is 0.881 bits per heavy atom. The normalized spacial score (nSPS) is 11.5. The van der Waals surface area contributed by atoms with Gasteiger partial charge in [0.1, 0.15) is 5.82 Å². The van der Waals surface area contributed by atoms with E-state index in [1.165, 1.54) is 9.13 Å². The number of aromatic nitrogens is 8. The summed E-state index contributed by atoms with van der Waals surface area (Å²) in [7, 11) is 1.55. The van der Waals surface area contributed by atoms with Gasteiger partial charge in [-0.3, -0.25) is 9.36 Å². The van der Waals surface area contributed by atoms with Crippen LogP contribution in [0.2, 0.25) is 0 Å². The SMILES string of the molecule is COCCn1c(=O)c2c(nc(C(C)C)n2Cc2ccc(-c3ccccc3-c3nn[nH]n3)cc2)n(-c2ccccc2)c1=O. The molecule has 212 valence electrons. The van der Waals surface area contributed by atoms with Gasteiger partial charge in [0.05, 0.1) is 18.8 Å². The molecule has 0 fully saturated rings. The monoisotopic (exact) mass is 562 g/mol. The molecule has 0 aliphatic rings. The Bertz CT molecular complexity index is 1950. The molecule has 11 nitrogen and oxygen atoms in total. The molecule has 6 aromatic rings. The van der Waals surface area contributed by atoms with Crippen LogP contribution in [0.15, 0.2) is 88.5 Å². The number of benzene rings is 3. The highest BCUT2D eigenvalue weighted by Crippen LogP contribution is 2.30. The fourth-order valence-corrected chi connectivity index (χ4v) is 5.22. The highest BCUT2D eigenvalue weighted by atomic mass is 16.5. The van der Waals surface area contributed by atoms with Gasteiger partial charge < -0.3 is 9.30 Å². The first kappa shape index (κ1) is 27.0. The molecular weight excluding hydrogens is 532 g/mol. The van der Waals surface area contributed by atoms with Gasteiger partial charge in [0.15, 0.2) is 11.2 Å². The number of fused-ring (bicyclic) bond motifs is 1. The zero-order valence-corrected chi connectivity index (χ0v) is 23.6. The van der Waals surface area contributed by atoms with Gasteiger partial charge in [0.25, 0.3) is 5.56 Å². The Hall–Kier alpha value is -5.16. The fraction of sp³-hybridized carbons (Fsp3) is 0.226. The standard InChI is InChI=1S/C31H30N8O3/c1-20(2)28-32-29-26(30(40)37(17-18-42-3)31(41)39(29)23-9-5-4-6-10-23)38(28)19-21-13-15-22(16-14-21)24-11-7-8-12-25(24)27-33-35-36-34-27/h4-16,20H,17-19H2,1-3H3,(H,33,34,35,36). The zero-order chi connectivity index (χ0) is 29.2. The predicted octanol–water partition coefficient (Wildman–Crippen LogP) is 4.01. The van der Waals surface area contributed by atoms with E-state index in [1.54, 1.807) is 7.11 Å². The molecule has 0 bridgehead atoms. The summed E-state index contributed by atoms with van der Waals surface area (Å²) in [5, 5.41) is 14.5. The number of nitrogens with one attached hydrogen (secondary N) is 1. The fourth-order valence-electron chi connectivity index (χ4n) is 5.22. The Labute approximate surface area is 241 Å². The Balaban J connectivity index is 1.48. The van der Waals surface area contributed by atoms with Crippen LogP contribution < -0.4 is 11.2 Å². The molecule has 0 radical (unpaired) electrons. The number of hydrogen-bond donors (Lipinski definition) is 1. The molecule has 0 amide bonds. The van der Waals surface area contributed by atoms with Crippen molar-refractivity contribution in [3.8, 4) is 28.2 Å². The summed E-state index contributed by atoms with van der Waals surface area (Å²) in [5.41, 5.74) is 4.37. The molecule has 3 aromatic heterocycles. The van der Waals surface area contributed by atoms with Crippen molar-refractivity contribution in [2.75, 3.05) is 13.7 Å². The first-order chi connectivity index (χ1) is 20.5. The molecule has 3 heterocycles. The molecule has 42 heavy (non-hydrogen) atoms. The largest absolute Gasteiger partial charge is 0.383 e. The van der Waals surface area contributed by atoms with Crippen molar-refractivity contribution in [2.24, 2.45) is 0 Å². The maximum absolute atomic E-state index is 13.9. The van der Waals surface area contributed by atoms with Crippen molar-refractivity contribution < 1.29 is 4.74 Å². The maximum Gasteiger partial charge on any atom is 0.337 e. The summed E-state index contributed by atoms with van der Waals surface area (Å²) in [6.45, 7) is 4.83. The van der Waals surface area contributed by atoms with Crippen molar-refractivity contribution in [3.05, 3.63) is 111 Å². The van der Waals surface area contributed by atoms with Gasteiger partial charge in [-0.05, 0) is 34.0 Å². The van der Waals surface area contributed by atoms with Crippen molar-refractivity contribution in [1.82, 2.24) is 39.3 Å². The van der Waals surface area contributed by atoms with Crippen LogP contribution in [0, 0.1) is 0 Å². The molecule has 0 saturated heterocycles. The molecule has 11 heteroatoms. The third-order valence-electron chi connectivity index (χ3n) is 7.23. The third kappa shape index (κ3) is 4.83. The van der Waals surface area contributed by atoms with Crippen LogP contribution in [-0.2, 0) is 17.8 Å². The minimum Gasteiger partial charge on any atom is -0.383 e. The lowest BCUT2D eigenvalue weighted by molar-refractivity contribution is 0.184. The van der Waals surface area contributed by atoms with Crippen LogP contribution in [0.1, 0.15) is 31.2 Å². The molecule has 0 saturated carbocycles. The number of hydrogen-bond acceptors (Lipinski definition) is 7. The van der Waals surface area contributed by atoms with E-state index >= 15 is 0 Å². The molecule has 0 spiro atoms. The van der Waals surface area contributed by atoms with E-state index in [2.05, 4.69) is 20.6 Å². The molecule has 1 N–H and O–H groups in total. The number of rotatable bonds is 9. The lowest BCUT2D eigenvalue weighted by Gasteiger charge is -2.14. The van der Waals surface area contributed by atoms with E-state index in [9.17, 15) is 9.59 Å². The van der Waals surface area contributed by atoms with E-state index in [1.807, 2.05) is 97.3 Å². The second-order valence-corrected chi connectivity index (χ2v) is 10.3. The van der Waals surface area contributed by atoms with Gasteiger partial charge >= 0.3 is 5.69 Å². The minimum absolute atomic E-state index is 0.00432. The van der Waals surface area contributed by atoms with Crippen LogP contribution in [0.3, 0.4) is 0 Å². The van der Waals surface area contributed by atoms with Crippen LogP contribution >= 0.6 is 0 Å². The average Bonchev–Trinajstić information content (AvgIpc) is 3.67. The number of aromatic amines is 1. The van der Waals surface area contributed by atoms with Crippen LogP contribution in [-0.4, -0.2) is 53.0 Å². The van der Waals surface area contributed by atoms with Crippen LogP contribution in [0.25, 0.3) is 39.4 Å². The molecular formula is C31H30N8O3. The number of methoxy groups -OCH3 is 1. The van der Waals surface area contributed by atoms with E-state index in [0.29, 0.717) is 29.2 Å². The molecule has 0 aliphatic carbocycles. The summed E-state index contributed by atoms with van der Waals surface area (Å²) < 4.78 is 9.91. The summed E-state index contributed by atoms with van der Waals surface area (Å²) >= 11 is 0. The van der Waals surface area contributed by atoms with Crippen LogP contribution in [0.4, 0.5) is 0 Å². The number of H-pyrrole nitrogens is 1. The third-order valence-corrected chi connectivity index (χ3v) is 7.23. The first-order valence-corrected chi connectivity index (χ1v) is 13.7. The van der Waals surface area contributed by atoms with Crippen molar-refractivity contribution in [2.45, 2.75) is 32.9 Å². The van der Waals surface area contributed by atoms with Crippen molar-refractivity contribution in [3.63, 3.8) is 0 Å². The molecule has 0 aliphatic heterocycles. The Kier molecular flexibility index (Phi) is 7.32. The summed E-state index contributed by atoms with van der Waals surface area (Å²) in [4.78, 5) is 32.4. The van der Waals surface area contributed by atoms with Gasteiger partial charge in [-0.1, -0.05) is 80.6 Å². The van der Waals surface area contributed by atoms with E-state index in [0.717, 1.165) is 28.1 Å². The van der Waals surface area contributed by atoms with Gasteiger partial charge in [0, 0.05) is 25.1 Å². The Morgan fingerprint density at radius 3 is 2.26 bits per heavy atom. The number of nitrogens with zero attached hydrogens (tertiary/aromatic N) is 7. The average molecular weight is 563 g/mol. The van der Waals surface area contributed by atoms with Crippen molar-refractivity contribution >= 4 is 11.2 Å². The summed E-state index contributed by atoms with van der Waals surface area (Å²) in [6.07, 6.45) is 0. The predicted molar refractivity (Wildman–Crippen MR) is 160 cm³/mol. The molecule has 6 rings (SSSR count). The Morgan fingerprint density at radius 2 is 1.60 bits per heavy atom. The smallest absolute Gasteiger partial charge is 0.337 e. The zero-order valence-electron chi connectivity index (χ0n) is 23.6. The second-order valence-electron chi connectivity index (χ2n) is 10.3. The lowest BCUT2D eigenvalue weighted by atomic mass is 9.98. The number of ether oxygens (including phenoxy) is 1. The molecule has 3 aromatic carbocycles. The lowest BCUT2D eigenvalue weighted by Crippen LogP contribution is -2.41. The maximum atomic E-state index is 13.9. The summed E-state index contributed by atoms with van der Waals surface area (Å²) in [5.74, 6) is 1.25. The van der Waals surface area contributed by atoms with Gasteiger partial charge in [-0.15, -0.1) is 10.2 Å². The minimum atomic E-state index is -0.444. The number of tetrazole rings is 1. The topological polar surface area (TPSA) is 126 Å². The highest BCUT2D eigenvalue weighted by Gasteiger charge is 2.24. The molecule has 0 unspecified atom stereocenters. The van der Waals surface area contributed by atoms with Gasteiger partial charge in [-0.2, -0.15) is 5.21 Å². The quantitative estimate of drug-likeness (QED) is 0.282. The molecule has 0 atom stereocenters. The van der Waals surface area contributed by atoms with E-state index < -0.39 is 5.69 Å². The van der Waals surface area contributed by atoms with E-state index in [4.69, 9.17) is 9.72 Å². The van der Waals surface area contributed by atoms with Crippen molar-refractivity contribution in [1.29, 1.82) is 0 Å². The van der Waals surface area contributed by atoms with Gasteiger partial charge in [-0.25, -0.2) is 14.3 Å². The summed E-state index contributed by atoms with van der Waals surface area (Å²) in [6, 6.07) is 25.3. The highest BCUT2D eigenvalue weighted by molar-refractivity contribution is 5.80. The number of imidazole rings is 1. The van der Waals surface area contributed by atoms with Gasteiger partial charge in [0.2, 0.25) is 5.82 Å².